The van der Waals surface area contributed by atoms with Gasteiger partial charge in [0.05, 0.1) is 5.69 Å². The summed E-state index contributed by atoms with van der Waals surface area (Å²) in [6.45, 7) is 4.18. The molecule has 0 saturated heterocycles. The zero-order valence-corrected chi connectivity index (χ0v) is 10.1. The normalized spacial score (nSPS) is 12.6. The highest BCUT2D eigenvalue weighted by molar-refractivity contribution is 9.10. The molecule has 0 bridgehead atoms. The van der Waals surface area contributed by atoms with Crippen LogP contribution in [0, 0.1) is 5.82 Å². The van der Waals surface area contributed by atoms with Gasteiger partial charge in [0, 0.05) is 10.5 Å². The minimum atomic E-state index is -0.206. The van der Waals surface area contributed by atoms with Crippen LogP contribution in [0.2, 0.25) is 0 Å². The summed E-state index contributed by atoms with van der Waals surface area (Å²) >= 11 is 3.23. The lowest BCUT2D eigenvalue weighted by Gasteiger charge is -2.14. The average molecular weight is 260 g/mol. The molecule has 0 aliphatic carbocycles. The highest BCUT2D eigenvalue weighted by Gasteiger charge is 2.05. The molecule has 0 aromatic heterocycles. The van der Waals surface area contributed by atoms with Crippen LogP contribution >= 0.6 is 15.9 Å². The van der Waals surface area contributed by atoms with Crippen LogP contribution in [0.1, 0.15) is 26.7 Å². The topological polar surface area (TPSA) is 12.0 Å². The van der Waals surface area contributed by atoms with E-state index in [2.05, 4.69) is 35.1 Å². The maximum absolute atomic E-state index is 13.4. The molecular weight excluding hydrogens is 245 g/mol. The van der Waals surface area contributed by atoms with Gasteiger partial charge in [-0.1, -0.05) is 29.3 Å². The highest BCUT2D eigenvalue weighted by atomic mass is 79.9. The van der Waals surface area contributed by atoms with Crippen molar-refractivity contribution in [3.05, 3.63) is 28.5 Å². The van der Waals surface area contributed by atoms with Gasteiger partial charge >= 0.3 is 0 Å². The molecule has 0 amide bonds. The summed E-state index contributed by atoms with van der Waals surface area (Å²) in [6.07, 6.45) is 2.15. The van der Waals surface area contributed by atoms with Gasteiger partial charge in [0.2, 0.25) is 0 Å². The molecule has 1 unspecified atom stereocenters. The summed E-state index contributed by atoms with van der Waals surface area (Å²) in [4.78, 5) is 0. The zero-order chi connectivity index (χ0) is 10.6. The van der Waals surface area contributed by atoms with Crippen molar-refractivity contribution in [3.8, 4) is 0 Å². The van der Waals surface area contributed by atoms with Crippen molar-refractivity contribution in [2.75, 3.05) is 5.32 Å². The van der Waals surface area contributed by atoms with Crippen LogP contribution in [0.25, 0.3) is 0 Å². The van der Waals surface area contributed by atoms with E-state index < -0.39 is 0 Å². The van der Waals surface area contributed by atoms with E-state index in [9.17, 15) is 4.39 Å². The zero-order valence-electron chi connectivity index (χ0n) is 8.48. The summed E-state index contributed by atoms with van der Waals surface area (Å²) in [6, 6.07) is 5.38. The van der Waals surface area contributed by atoms with E-state index >= 15 is 0 Å². The van der Waals surface area contributed by atoms with Crippen LogP contribution in [0.15, 0.2) is 22.7 Å². The standard InChI is InChI=1S/C11H15BrFN/c1-3-4-8(2)14-11-6-5-9(12)7-10(11)13/h5-8,14H,3-4H2,1-2H3. The van der Waals surface area contributed by atoms with E-state index in [4.69, 9.17) is 0 Å². The Morgan fingerprint density at radius 2 is 2.21 bits per heavy atom. The third-order valence-corrected chi connectivity index (χ3v) is 2.55. The maximum Gasteiger partial charge on any atom is 0.147 e. The first-order chi connectivity index (χ1) is 6.63. The first-order valence-electron chi connectivity index (χ1n) is 4.85. The van der Waals surface area contributed by atoms with Gasteiger partial charge in [0.25, 0.3) is 0 Å². The molecule has 1 aromatic carbocycles. The molecule has 0 radical (unpaired) electrons. The van der Waals surface area contributed by atoms with E-state index in [1.54, 1.807) is 6.07 Å². The van der Waals surface area contributed by atoms with Crippen LogP contribution in [0.5, 0.6) is 0 Å². The molecule has 0 aliphatic heterocycles. The molecule has 0 spiro atoms. The van der Waals surface area contributed by atoms with Gasteiger partial charge in [-0.3, -0.25) is 0 Å². The Hall–Kier alpha value is -0.570. The van der Waals surface area contributed by atoms with Crippen molar-refractivity contribution in [2.45, 2.75) is 32.7 Å². The van der Waals surface area contributed by atoms with Crippen molar-refractivity contribution in [1.29, 1.82) is 0 Å². The molecule has 3 heteroatoms. The van der Waals surface area contributed by atoms with Crippen molar-refractivity contribution in [3.63, 3.8) is 0 Å². The summed E-state index contributed by atoms with van der Waals surface area (Å²) in [5, 5.41) is 3.14. The van der Waals surface area contributed by atoms with E-state index in [0.717, 1.165) is 17.3 Å². The molecule has 1 aromatic rings. The summed E-state index contributed by atoms with van der Waals surface area (Å²) in [7, 11) is 0. The summed E-state index contributed by atoms with van der Waals surface area (Å²) in [5.41, 5.74) is 0.578. The van der Waals surface area contributed by atoms with Crippen molar-refractivity contribution < 1.29 is 4.39 Å². The first-order valence-corrected chi connectivity index (χ1v) is 5.64. The first kappa shape index (κ1) is 11.5. The van der Waals surface area contributed by atoms with Gasteiger partial charge in [0.15, 0.2) is 0 Å². The number of anilines is 1. The number of rotatable bonds is 4. The monoisotopic (exact) mass is 259 g/mol. The fourth-order valence-corrected chi connectivity index (χ4v) is 1.71. The Balaban J connectivity index is 2.67. The van der Waals surface area contributed by atoms with E-state index in [1.807, 2.05) is 6.07 Å². The predicted octanol–water partition coefficient (Wildman–Crippen LogP) is 4.19. The van der Waals surface area contributed by atoms with E-state index in [0.29, 0.717) is 11.7 Å². The highest BCUT2D eigenvalue weighted by Crippen LogP contribution is 2.20. The number of halogens is 2. The lowest BCUT2D eigenvalue weighted by Crippen LogP contribution is -2.15. The van der Waals surface area contributed by atoms with Crippen LogP contribution in [-0.2, 0) is 0 Å². The largest absolute Gasteiger partial charge is 0.380 e. The second kappa shape index (κ2) is 5.35. The number of hydrogen-bond donors (Lipinski definition) is 1. The second-order valence-corrected chi connectivity index (χ2v) is 4.37. The smallest absolute Gasteiger partial charge is 0.147 e. The number of nitrogens with one attached hydrogen (secondary N) is 1. The fraction of sp³-hybridized carbons (Fsp3) is 0.455. The van der Waals surface area contributed by atoms with Gasteiger partial charge in [-0.15, -0.1) is 0 Å². The van der Waals surface area contributed by atoms with Crippen molar-refractivity contribution >= 4 is 21.6 Å². The van der Waals surface area contributed by atoms with Gasteiger partial charge in [-0.25, -0.2) is 4.39 Å². The molecule has 1 rings (SSSR count). The molecule has 0 saturated carbocycles. The van der Waals surface area contributed by atoms with Gasteiger partial charge in [-0.2, -0.15) is 0 Å². The Morgan fingerprint density at radius 1 is 1.50 bits per heavy atom. The molecule has 78 valence electrons. The molecule has 14 heavy (non-hydrogen) atoms. The minimum absolute atomic E-state index is 0.206. The van der Waals surface area contributed by atoms with E-state index in [-0.39, 0.29) is 5.82 Å². The fourth-order valence-electron chi connectivity index (χ4n) is 1.38. The maximum atomic E-state index is 13.4. The van der Waals surface area contributed by atoms with Gasteiger partial charge in [-0.05, 0) is 31.5 Å². The third-order valence-electron chi connectivity index (χ3n) is 2.05. The summed E-state index contributed by atoms with van der Waals surface area (Å²) < 4.78 is 14.1. The summed E-state index contributed by atoms with van der Waals surface area (Å²) in [5.74, 6) is -0.206. The SMILES string of the molecule is CCCC(C)Nc1ccc(Br)cc1F. The van der Waals surface area contributed by atoms with Gasteiger partial charge < -0.3 is 5.32 Å². The Kier molecular flexibility index (Phi) is 4.39. The molecule has 0 fully saturated rings. The molecule has 0 aliphatic rings. The molecule has 1 N–H and O–H groups in total. The van der Waals surface area contributed by atoms with Crippen molar-refractivity contribution in [1.82, 2.24) is 0 Å². The third kappa shape index (κ3) is 3.29. The molecule has 0 heterocycles. The molecule has 1 nitrogen and oxygen atoms in total. The Labute approximate surface area is 92.8 Å². The predicted molar refractivity (Wildman–Crippen MR) is 62.1 cm³/mol. The second-order valence-electron chi connectivity index (χ2n) is 3.46. The van der Waals surface area contributed by atoms with Crippen LogP contribution in [-0.4, -0.2) is 6.04 Å². The molecular formula is C11H15BrFN. The lowest BCUT2D eigenvalue weighted by atomic mass is 10.2. The average Bonchev–Trinajstić information content (AvgIpc) is 2.10. The Morgan fingerprint density at radius 3 is 2.79 bits per heavy atom. The van der Waals surface area contributed by atoms with Crippen molar-refractivity contribution in [2.24, 2.45) is 0 Å². The lowest BCUT2D eigenvalue weighted by molar-refractivity contribution is 0.619. The quantitative estimate of drug-likeness (QED) is 0.855. The number of benzene rings is 1. The van der Waals surface area contributed by atoms with Gasteiger partial charge in [0.1, 0.15) is 5.82 Å². The minimum Gasteiger partial charge on any atom is -0.380 e. The number of hydrogen-bond acceptors (Lipinski definition) is 1. The van der Waals surface area contributed by atoms with Crippen LogP contribution < -0.4 is 5.32 Å². The molecule has 1 atom stereocenters. The van der Waals surface area contributed by atoms with Crippen LogP contribution in [0.3, 0.4) is 0 Å². The van der Waals surface area contributed by atoms with E-state index in [1.165, 1.54) is 6.07 Å². The van der Waals surface area contributed by atoms with Crippen LogP contribution in [0.4, 0.5) is 10.1 Å². The Bertz CT molecular complexity index is 301.